The molecule has 2 aromatic heterocycles. The summed E-state index contributed by atoms with van der Waals surface area (Å²) in [4.78, 5) is 25.4. The number of aromatic nitrogens is 3. The third-order valence-corrected chi connectivity index (χ3v) is 8.40. The Kier molecular flexibility index (Phi) is 7.88. The van der Waals surface area contributed by atoms with Crippen LogP contribution in [0.3, 0.4) is 0 Å². The molecule has 1 saturated carbocycles. The molecule has 0 bridgehead atoms. The van der Waals surface area contributed by atoms with E-state index in [1.54, 1.807) is 18.3 Å². The summed E-state index contributed by atoms with van der Waals surface area (Å²) in [5.74, 6) is -0.225. The number of anilines is 2. The molecule has 12 heteroatoms. The summed E-state index contributed by atoms with van der Waals surface area (Å²) in [6, 6.07) is 6.36. The number of nitrogens with zero attached hydrogens (tertiary/aromatic N) is 3. The van der Waals surface area contributed by atoms with Gasteiger partial charge in [0.2, 0.25) is 11.9 Å². The van der Waals surface area contributed by atoms with E-state index in [9.17, 15) is 23.1 Å². The molecule has 1 amide bonds. The number of amides is 1. The molecule has 3 N–H and O–H groups in total. The number of thiazole rings is 1. The Bertz CT molecular complexity index is 1320. The molecule has 3 aromatic rings. The Balaban J connectivity index is 1.25. The van der Waals surface area contributed by atoms with E-state index in [0.29, 0.717) is 49.6 Å². The number of halogens is 3. The number of alkyl halides is 3. The second-order valence-electron chi connectivity index (χ2n) is 10.2. The van der Waals surface area contributed by atoms with E-state index in [1.165, 1.54) is 11.3 Å². The maximum Gasteiger partial charge on any atom is 0.433 e. The normalized spacial score (nSPS) is 23.8. The average Bonchev–Trinajstić information content (AvgIpc) is 3.42. The highest BCUT2D eigenvalue weighted by molar-refractivity contribution is 7.15. The molecular weight excluding hydrogens is 531 g/mol. The molecular formula is C27H30F3N5O3S. The maximum atomic E-state index is 13.0. The van der Waals surface area contributed by atoms with Gasteiger partial charge >= 0.3 is 6.18 Å². The number of ether oxygens (including phenoxy) is 1. The van der Waals surface area contributed by atoms with Crippen LogP contribution in [0.2, 0.25) is 0 Å². The van der Waals surface area contributed by atoms with Crippen LogP contribution in [0.4, 0.5) is 24.8 Å². The Morgan fingerprint density at radius 2 is 1.97 bits per heavy atom. The number of rotatable bonds is 6. The molecule has 0 spiro atoms. The lowest BCUT2D eigenvalue weighted by Gasteiger charge is -2.35. The van der Waals surface area contributed by atoms with Gasteiger partial charge in [-0.2, -0.15) is 13.2 Å². The molecule has 1 atom stereocenters. The summed E-state index contributed by atoms with van der Waals surface area (Å²) in [5.41, 5.74) is 0.139. The fourth-order valence-electron chi connectivity index (χ4n) is 5.05. The number of aryl methyl sites for hydroxylation is 1. The fraction of sp³-hybridized carbons (Fsp3) is 0.481. The van der Waals surface area contributed by atoms with Gasteiger partial charge in [-0.15, -0.1) is 11.3 Å². The van der Waals surface area contributed by atoms with Crippen LogP contribution in [0.25, 0.3) is 10.4 Å². The van der Waals surface area contributed by atoms with Crippen molar-refractivity contribution in [2.45, 2.75) is 63.3 Å². The topological polar surface area (TPSA) is 109 Å². The molecule has 1 unspecified atom stereocenters. The van der Waals surface area contributed by atoms with Crippen molar-refractivity contribution in [2.75, 3.05) is 18.5 Å². The molecule has 8 nitrogen and oxygen atoms in total. The van der Waals surface area contributed by atoms with Gasteiger partial charge in [-0.25, -0.2) is 15.0 Å². The predicted octanol–water partition coefficient (Wildman–Crippen LogP) is 5.34. The second-order valence-corrected chi connectivity index (χ2v) is 11.3. The van der Waals surface area contributed by atoms with Gasteiger partial charge in [-0.05, 0) is 74.8 Å². The third-order valence-electron chi connectivity index (χ3n) is 7.16. The van der Waals surface area contributed by atoms with Crippen LogP contribution in [-0.2, 0) is 21.3 Å². The molecule has 3 heterocycles. The lowest BCUT2D eigenvalue weighted by atomic mass is 9.82. The maximum absolute atomic E-state index is 13.0. The van der Waals surface area contributed by atoms with E-state index in [-0.39, 0.29) is 23.8 Å². The highest BCUT2D eigenvalue weighted by atomic mass is 32.1. The molecule has 0 radical (unpaired) electrons. The van der Waals surface area contributed by atoms with Crippen LogP contribution >= 0.6 is 11.3 Å². The smallest absolute Gasteiger partial charge is 0.383 e. The van der Waals surface area contributed by atoms with Crippen molar-refractivity contribution >= 4 is 28.9 Å². The molecule has 1 aliphatic carbocycles. The zero-order chi connectivity index (χ0) is 27.6. The molecule has 1 aromatic carbocycles. The Morgan fingerprint density at radius 3 is 2.69 bits per heavy atom. The standard InChI is InChI=1S/C27H30F3N5O3S/c1-16-11-18(13-20(12-16)34-25-31-9-6-22(35-25)27(28,29)30)21-14-32-24(39-21)26(37)7-4-19(5-8-26)33-23(36)17-3-2-10-38-15-17/h6,9,11-14,17,19,37H,2-5,7-8,10,15H2,1H3,(H,33,36)(H,31,34,35). The van der Waals surface area contributed by atoms with Crippen LogP contribution in [-0.4, -0.2) is 45.2 Å². The number of hydrogen-bond acceptors (Lipinski definition) is 8. The van der Waals surface area contributed by atoms with E-state index in [2.05, 4.69) is 25.6 Å². The number of hydrogen-bond donors (Lipinski definition) is 3. The van der Waals surface area contributed by atoms with Crippen LogP contribution in [0.5, 0.6) is 0 Å². The van der Waals surface area contributed by atoms with E-state index in [0.717, 1.165) is 41.1 Å². The summed E-state index contributed by atoms with van der Waals surface area (Å²) < 4.78 is 44.5. The predicted molar refractivity (Wildman–Crippen MR) is 140 cm³/mol. The number of aliphatic hydroxyl groups is 1. The van der Waals surface area contributed by atoms with E-state index >= 15 is 0 Å². The quantitative estimate of drug-likeness (QED) is 0.373. The summed E-state index contributed by atoms with van der Waals surface area (Å²) in [6.07, 6.45) is 2.22. The Labute approximate surface area is 228 Å². The minimum absolute atomic E-state index is 0.0163. The first-order chi connectivity index (χ1) is 18.6. The van der Waals surface area contributed by atoms with Crippen molar-refractivity contribution in [3.05, 3.63) is 52.9 Å². The first-order valence-corrected chi connectivity index (χ1v) is 13.8. The van der Waals surface area contributed by atoms with Gasteiger partial charge in [0.25, 0.3) is 0 Å². The van der Waals surface area contributed by atoms with Crippen molar-refractivity contribution in [3.8, 4) is 10.4 Å². The summed E-state index contributed by atoms with van der Waals surface area (Å²) in [7, 11) is 0. The van der Waals surface area contributed by atoms with E-state index in [1.807, 2.05) is 13.0 Å². The number of carbonyl (C=O) groups is 1. The van der Waals surface area contributed by atoms with Gasteiger partial charge in [0.15, 0.2) is 0 Å². The van der Waals surface area contributed by atoms with Gasteiger partial charge in [0, 0.05) is 30.7 Å². The minimum Gasteiger partial charge on any atom is -0.383 e. The summed E-state index contributed by atoms with van der Waals surface area (Å²) >= 11 is 1.39. The number of carbonyl (C=O) groups excluding carboxylic acids is 1. The molecule has 2 fully saturated rings. The lowest BCUT2D eigenvalue weighted by Crippen LogP contribution is -2.45. The van der Waals surface area contributed by atoms with Crippen LogP contribution in [0, 0.1) is 12.8 Å². The monoisotopic (exact) mass is 561 g/mol. The van der Waals surface area contributed by atoms with Crippen LogP contribution in [0.1, 0.15) is 54.8 Å². The zero-order valence-electron chi connectivity index (χ0n) is 21.4. The fourth-order valence-corrected chi connectivity index (χ4v) is 6.10. The zero-order valence-corrected chi connectivity index (χ0v) is 22.2. The van der Waals surface area contributed by atoms with Gasteiger partial charge in [-0.1, -0.05) is 6.07 Å². The van der Waals surface area contributed by atoms with Gasteiger partial charge in [0.1, 0.15) is 16.3 Å². The van der Waals surface area contributed by atoms with Gasteiger partial charge in [-0.3, -0.25) is 4.79 Å². The number of nitrogens with one attached hydrogen (secondary N) is 2. The van der Waals surface area contributed by atoms with Crippen molar-refractivity contribution in [1.29, 1.82) is 0 Å². The first-order valence-electron chi connectivity index (χ1n) is 13.0. The average molecular weight is 562 g/mol. The lowest BCUT2D eigenvalue weighted by molar-refractivity contribution is -0.141. The molecule has 1 saturated heterocycles. The minimum atomic E-state index is -4.56. The highest BCUT2D eigenvalue weighted by Crippen LogP contribution is 2.41. The third kappa shape index (κ3) is 6.56. The van der Waals surface area contributed by atoms with Crippen molar-refractivity contribution in [2.24, 2.45) is 5.92 Å². The van der Waals surface area contributed by atoms with Crippen molar-refractivity contribution in [1.82, 2.24) is 20.3 Å². The molecule has 2 aliphatic rings. The van der Waals surface area contributed by atoms with Crippen LogP contribution < -0.4 is 10.6 Å². The first kappa shape index (κ1) is 27.5. The van der Waals surface area contributed by atoms with Crippen molar-refractivity contribution in [3.63, 3.8) is 0 Å². The SMILES string of the molecule is Cc1cc(Nc2nccc(C(F)(F)F)n2)cc(-c2cnc(C3(O)CCC(NC(=O)C4CCCOC4)CC3)s2)c1. The number of benzene rings is 1. The Hall–Kier alpha value is -3.09. The largest absolute Gasteiger partial charge is 0.433 e. The molecule has 5 rings (SSSR count). The van der Waals surface area contributed by atoms with E-state index < -0.39 is 17.5 Å². The summed E-state index contributed by atoms with van der Waals surface area (Å²) in [5, 5.41) is 18.0. The molecule has 1 aliphatic heterocycles. The van der Waals surface area contributed by atoms with Crippen LogP contribution in [0.15, 0.2) is 36.7 Å². The second kappa shape index (κ2) is 11.2. The van der Waals surface area contributed by atoms with Gasteiger partial charge < -0.3 is 20.5 Å². The van der Waals surface area contributed by atoms with Gasteiger partial charge in [0.05, 0.1) is 17.4 Å². The summed E-state index contributed by atoms with van der Waals surface area (Å²) in [6.45, 7) is 3.06. The Morgan fingerprint density at radius 1 is 1.18 bits per heavy atom. The molecule has 208 valence electrons. The highest BCUT2D eigenvalue weighted by Gasteiger charge is 2.38. The molecule has 39 heavy (non-hydrogen) atoms. The van der Waals surface area contributed by atoms with Crippen molar-refractivity contribution < 1.29 is 27.8 Å². The van der Waals surface area contributed by atoms with E-state index in [4.69, 9.17) is 4.74 Å².